The maximum Gasteiger partial charge on any atom is 0.340 e. The van der Waals surface area contributed by atoms with Crippen LogP contribution in [0.1, 0.15) is 29.5 Å². The molecule has 7 nitrogen and oxygen atoms in total. The normalized spacial score (nSPS) is 15.9. The molecule has 3 N–H and O–H groups in total. The molecule has 1 aliphatic heterocycles. The molecule has 1 aliphatic rings. The third-order valence-electron chi connectivity index (χ3n) is 6.54. The van der Waals surface area contributed by atoms with Crippen molar-refractivity contribution in [3.05, 3.63) is 75.1 Å². The summed E-state index contributed by atoms with van der Waals surface area (Å²) < 4.78 is 38.5. The lowest BCUT2D eigenvalue weighted by molar-refractivity contribution is -0.123. The lowest BCUT2D eigenvalue weighted by Gasteiger charge is -2.31. The number of carbonyl (C=O) groups is 1. The van der Waals surface area contributed by atoms with E-state index in [4.69, 9.17) is 14.9 Å². The van der Waals surface area contributed by atoms with Gasteiger partial charge in [0.15, 0.2) is 0 Å². The fourth-order valence-electron chi connectivity index (χ4n) is 4.47. The van der Waals surface area contributed by atoms with Crippen LogP contribution in [-0.4, -0.2) is 48.3 Å². The number of aryl methyl sites for hydroxylation is 1. The predicted molar refractivity (Wildman–Crippen MR) is 126 cm³/mol. The summed E-state index contributed by atoms with van der Waals surface area (Å²) in [6, 6.07) is 8.29. The van der Waals surface area contributed by atoms with Crippen molar-refractivity contribution in [2.24, 2.45) is 11.7 Å². The maximum atomic E-state index is 14.1. The molecule has 0 saturated carbocycles. The van der Waals surface area contributed by atoms with Gasteiger partial charge >= 0.3 is 5.63 Å². The SMILES string of the molecule is Cc1c(Cc2ccc(F)cc2F)c(=O)oc2cc(OCC(O)CN3CCC(C(N)=O)CC3)ccc12. The van der Waals surface area contributed by atoms with Crippen LogP contribution in [0.5, 0.6) is 5.75 Å². The van der Waals surface area contributed by atoms with Crippen molar-refractivity contribution >= 4 is 16.9 Å². The van der Waals surface area contributed by atoms with Gasteiger partial charge in [-0.25, -0.2) is 13.6 Å². The molecule has 186 valence electrons. The van der Waals surface area contributed by atoms with Gasteiger partial charge in [-0.1, -0.05) is 6.07 Å². The zero-order valence-corrected chi connectivity index (χ0v) is 19.4. The number of rotatable bonds is 8. The van der Waals surface area contributed by atoms with Gasteiger partial charge in [-0.15, -0.1) is 0 Å². The van der Waals surface area contributed by atoms with Crippen molar-refractivity contribution in [1.29, 1.82) is 0 Å². The summed E-state index contributed by atoms with van der Waals surface area (Å²) in [4.78, 5) is 26.0. The monoisotopic (exact) mass is 486 g/mol. The number of aliphatic hydroxyl groups is 1. The van der Waals surface area contributed by atoms with E-state index in [9.17, 15) is 23.5 Å². The average Bonchev–Trinajstić information content (AvgIpc) is 2.82. The minimum Gasteiger partial charge on any atom is -0.491 e. The highest BCUT2D eigenvalue weighted by Gasteiger charge is 2.24. The van der Waals surface area contributed by atoms with Crippen LogP contribution in [0.15, 0.2) is 45.6 Å². The van der Waals surface area contributed by atoms with Crippen molar-refractivity contribution in [3.63, 3.8) is 0 Å². The molecule has 1 saturated heterocycles. The molecule has 0 radical (unpaired) electrons. The number of nitrogens with zero attached hydrogens (tertiary/aromatic N) is 1. The number of benzene rings is 2. The van der Waals surface area contributed by atoms with Crippen LogP contribution in [0.4, 0.5) is 8.78 Å². The quantitative estimate of drug-likeness (QED) is 0.475. The number of β-amino-alcohol motifs (C(OH)–C–C–N with tert-alkyl or cyclic N) is 1. The summed E-state index contributed by atoms with van der Waals surface area (Å²) in [5, 5.41) is 11.0. The Bertz CT molecular complexity index is 1280. The smallest absolute Gasteiger partial charge is 0.340 e. The Morgan fingerprint density at radius 2 is 1.97 bits per heavy atom. The summed E-state index contributed by atoms with van der Waals surface area (Å²) in [5.74, 6) is -1.35. The van der Waals surface area contributed by atoms with E-state index < -0.39 is 23.4 Å². The molecular formula is C26H28F2N2O5. The van der Waals surface area contributed by atoms with Crippen molar-refractivity contribution < 1.29 is 27.8 Å². The number of carbonyl (C=O) groups excluding carboxylic acids is 1. The standard InChI is InChI=1S/C26H28F2N2O5/c1-15-21-5-4-20(34-14-19(31)13-30-8-6-16(7-9-30)25(29)32)12-24(21)35-26(33)22(15)10-17-2-3-18(27)11-23(17)28/h2-5,11-12,16,19,31H,6-10,13-14H2,1H3,(H2,29,32). The minimum atomic E-state index is -0.738. The van der Waals surface area contributed by atoms with Crippen LogP contribution < -0.4 is 16.1 Å². The Hall–Kier alpha value is -3.30. The van der Waals surface area contributed by atoms with Crippen LogP contribution in [-0.2, 0) is 11.2 Å². The van der Waals surface area contributed by atoms with Crippen molar-refractivity contribution in [2.75, 3.05) is 26.2 Å². The Morgan fingerprint density at radius 3 is 2.66 bits per heavy atom. The molecule has 1 aromatic heterocycles. The van der Waals surface area contributed by atoms with Gasteiger partial charge in [-0.2, -0.15) is 0 Å². The molecule has 0 aliphatic carbocycles. The summed E-state index contributed by atoms with van der Waals surface area (Å²) in [6.07, 6.45) is 0.610. The number of fused-ring (bicyclic) bond motifs is 1. The van der Waals surface area contributed by atoms with E-state index in [1.165, 1.54) is 6.07 Å². The van der Waals surface area contributed by atoms with Gasteiger partial charge in [0.2, 0.25) is 5.91 Å². The number of ether oxygens (including phenoxy) is 1. The van der Waals surface area contributed by atoms with Crippen LogP contribution >= 0.6 is 0 Å². The molecule has 1 amide bonds. The van der Waals surface area contributed by atoms with E-state index in [1.807, 2.05) is 0 Å². The number of aliphatic hydroxyl groups excluding tert-OH is 1. The Balaban J connectivity index is 1.41. The van der Waals surface area contributed by atoms with Crippen LogP contribution in [0.3, 0.4) is 0 Å². The first-order valence-electron chi connectivity index (χ1n) is 11.5. The Morgan fingerprint density at radius 1 is 1.23 bits per heavy atom. The van der Waals surface area contributed by atoms with Gasteiger partial charge in [0.1, 0.15) is 35.7 Å². The van der Waals surface area contributed by atoms with Gasteiger partial charge in [-0.05, 0) is 62.2 Å². The van der Waals surface area contributed by atoms with Crippen molar-refractivity contribution in [1.82, 2.24) is 4.90 Å². The zero-order valence-electron chi connectivity index (χ0n) is 19.4. The number of halogens is 2. The number of amides is 1. The van der Waals surface area contributed by atoms with E-state index >= 15 is 0 Å². The van der Waals surface area contributed by atoms with Crippen LogP contribution in [0.2, 0.25) is 0 Å². The first-order chi connectivity index (χ1) is 16.7. The number of hydrogen-bond donors (Lipinski definition) is 2. The number of primary amides is 1. The molecule has 0 bridgehead atoms. The number of piperidine rings is 1. The summed E-state index contributed by atoms with van der Waals surface area (Å²) >= 11 is 0. The lowest BCUT2D eigenvalue weighted by Crippen LogP contribution is -2.43. The molecule has 2 aromatic carbocycles. The zero-order chi connectivity index (χ0) is 25.1. The summed E-state index contributed by atoms with van der Waals surface area (Å²) in [5.41, 5.74) is 6.22. The van der Waals surface area contributed by atoms with Crippen LogP contribution in [0.25, 0.3) is 11.0 Å². The molecule has 1 fully saturated rings. The third kappa shape index (κ3) is 5.86. The lowest BCUT2D eigenvalue weighted by atomic mass is 9.96. The topological polar surface area (TPSA) is 106 Å². The summed E-state index contributed by atoms with van der Waals surface area (Å²) in [6.45, 7) is 3.59. The fourth-order valence-corrected chi connectivity index (χ4v) is 4.47. The second-order valence-corrected chi connectivity index (χ2v) is 9.01. The molecule has 0 spiro atoms. The first kappa shape index (κ1) is 24.8. The molecule has 35 heavy (non-hydrogen) atoms. The maximum absolute atomic E-state index is 14.1. The molecule has 1 unspecified atom stereocenters. The highest BCUT2D eigenvalue weighted by Crippen LogP contribution is 2.26. The van der Waals surface area contributed by atoms with Crippen molar-refractivity contribution in [3.8, 4) is 5.75 Å². The number of likely N-dealkylation sites (tertiary alicyclic amines) is 1. The highest BCUT2D eigenvalue weighted by atomic mass is 19.1. The minimum absolute atomic E-state index is 0.0165. The molecule has 3 aromatic rings. The third-order valence-corrected chi connectivity index (χ3v) is 6.54. The number of hydrogen-bond acceptors (Lipinski definition) is 6. The van der Waals surface area contributed by atoms with Gasteiger partial charge < -0.3 is 24.9 Å². The van der Waals surface area contributed by atoms with E-state index in [0.717, 1.165) is 12.1 Å². The molecule has 4 rings (SSSR count). The van der Waals surface area contributed by atoms with E-state index in [-0.39, 0.29) is 30.4 Å². The average molecular weight is 487 g/mol. The van der Waals surface area contributed by atoms with Crippen LogP contribution in [0, 0.1) is 24.5 Å². The molecule has 9 heteroatoms. The predicted octanol–water partition coefficient (Wildman–Crippen LogP) is 2.91. The second kappa shape index (κ2) is 10.5. The fraction of sp³-hybridized carbons (Fsp3) is 0.385. The number of nitrogens with two attached hydrogens (primary N) is 1. The Kier molecular flexibility index (Phi) is 7.47. The molecule has 1 atom stereocenters. The van der Waals surface area contributed by atoms with Gasteiger partial charge in [0.25, 0.3) is 0 Å². The van der Waals surface area contributed by atoms with E-state index in [2.05, 4.69) is 4.90 Å². The van der Waals surface area contributed by atoms with Gasteiger partial charge in [0.05, 0.1) is 0 Å². The van der Waals surface area contributed by atoms with Gasteiger partial charge in [0, 0.05) is 42.0 Å². The highest BCUT2D eigenvalue weighted by molar-refractivity contribution is 5.82. The summed E-state index contributed by atoms with van der Waals surface area (Å²) in [7, 11) is 0. The van der Waals surface area contributed by atoms with E-state index in [0.29, 0.717) is 60.3 Å². The second-order valence-electron chi connectivity index (χ2n) is 9.01. The largest absolute Gasteiger partial charge is 0.491 e. The van der Waals surface area contributed by atoms with Crippen molar-refractivity contribution in [2.45, 2.75) is 32.3 Å². The van der Waals surface area contributed by atoms with E-state index in [1.54, 1.807) is 25.1 Å². The Labute approximate surface area is 201 Å². The molecular weight excluding hydrogens is 458 g/mol. The molecule has 2 heterocycles. The van der Waals surface area contributed by atoms with Gasteiger partial charge in [-0.3, -0.25) is 4.79 Å². The first-order valence-corrected chi connectivity index (χ1v) is 11.5.